The number of carbonyl (C=O) groups excluding carboxylic acids is 3. The average Bonchev–Trinajstić information content (AvgIpc) is 3.29. The second-order valence-electron chi connectivity index (χ2n) is 17.4. The number of unbranched alkanes of at least 4 members (excludes halogenated alkanes) is 22. The summed E-state index contributed by atoms with van der Waals surface area (Å²) in [4.78, 5) is 37.9. The first kappa shape index (κ1) is 60.6. The Kier molecular flexibility index (Phi) is 49.4. The van der Waals surface area contributed by atoms with Crippen molar-refractivity contribution in [2.75, 3.05) is 13.2 Å². The minimum Gasteiger partial charge on any atom is -0.462 e. The number of rotatable bonds is 47. The molecule has 0 heterocycles. The first-order chi connectivity index (χ1) is 31.5. The molecule has 1 atom stereocenters. The number of hydrogen-bond donors (Lipinski definition) is 0. The topological polar surface area (TPSA) is 78.9 Å². The van der Waals surface area contributed by atoms with Crippen LogP contribution < -0.4 is 0 Å². The van der Waals surface area contributed by atoms with Crippen molar-refractivity contribution >= 4 is 17.9 Å². The molecule has 0 aromatic heterocycles. The summed E-state index contributed by atoms with van der Waals surface area (Å²) in [5, 5.41) is 0. The number of carbonyl (C=O) groups is 3. The zero-order valence-corrected chi connectivity index (χ0v) is 41.8. The molecule has 0 aliphatic heterocycles. The fourth-order valence-electron chi connectivity index (χ4n) is 7.15. The Labute approximate surface area is 395 Å². The molecule has 0 amide bonds. The van der Waals surface area contributed by atoms with Gasteiger partial charge in [-0.2, -0.15) is 0 Å². The first-order valence-electron chi connectivity index (χ1n) is 26.6. The molecule has 64 heavy (non-hydrogen) atoms. The van der Waals surface area contributed by atoms with Crippen LogP contribution in [0.4, 0.5) is 0 Å². The maximum absolute atomic E-state index is 12.8. The molecule has 0 aliphatic rings. The fourth-order valence-corrected chi connectivity index (χ4v) is 7.15. The fraction of sp³-hybridized carbons (Fsp3) is 0.707. The van der Waals surface area contributed by atoms with E-state index in [-0.39, 0.29) is 31.1 Å². The molecule has 0 fully saturated rings. The maximum Gasteiger partial charge on any atom is 0.306 e. The Morgan fingerprint density at radius 2 is 0.609 bits per heavy atom. The lowest BCUT2D eigenvalue weighted by atomic mass is 10.1. The van der Waals surface area contributed by atoms with Crippen LogP contribution in [-0.4, -0.2) is 37.2 Å². The Morgan fingerprint density at radius 1 is 0.328 bits per heavy atom. The molecule has 6 nitrogen and oxygen atoms in total. The van der Waals surface area contributed by atoms with Crippen LogP contribution in [0.5, 0.6) is 0 Å². The minimum atomic E-state index is -0.789. The van der Waals surface area contributed by atoms with E-state index in [0.29, 0.717) is 19.3 Å². The third-order valence-corrected chi connectivity index (χ3v) is 11.1. The summed E-state index contributed by atoms with van der Waals surface area (Å²) in [7, 11) is 0. The van der Waals surface area contributed by atoms with Gasteiger partial charge in [0.2, 0.25) is 0 Å². The molecule has 366 valence electrons. The normalized spacial score (nSPS) is 12.7. The summed E-state index contributed by atoms with van der Waals surface area (Å²) >= 11 is 0. The van der Waals surface area contributed by atoms with Gasteiger partial charge in [0.05, 0.1) is 0 Å². The predicted octanol–water partition coefficient (Wildman–Crippen LogP) is 17.6. The minimum absolute atomic E-state index is 0.0869. The van der Waals surface area contributed by atoms with E-state index in [9.17, 15) is 14.4 Å². The molecule has 0 aromatic carbocycles. The van der Waals surface area contributed by atoms with Gasteiger partial charge in [0.1, 0.15) is 13.2 Å². The molecule has 0 bridgehead atoms. The van der Waals surface area contributed by atoms with E-state index in [1.54, 1.807) is 0 Å². The van der Waals surface area contributed by atoms with Crippen molar-refractivity contribution in [3.63, 3.8) is 0 Å². The summed E-state index contributed by atoms with van der Waals surface area (Å²) in [6.45, 7) is 6.46. The molecular formula is C58H98O6. The van der Waals surface area contributed by atoms with E-state index < -0.39 is 6.10 Å². The lowest BCUT2D eigenvalue weighted by Gasteiger charge is -2.18. The van der Waals surface area contributed by atoms with Crippen LogP contribution >= 0.6 is 0 Å². The number of ether oxygens (including phenoxy) is 3. The van der Waals surface area contributed by atoms with Gasteiger partial charge in [-0.15, -0.1) is 0 Å². The van der Waals surface area contributed by atoms with E-state index in [1.807, 2.05) is 0 Å². The Morgan fingerprint density at radius 3 is 1.00 bits per heavy atom. The van der Waals surface area contributed by atoms with Crippen molar-refractivity contribution in [3.8, 4) is 0 Å². The quantitative estimate of drug-likeness (QED) is 0.0262. The molecule has 0 rings (SSSR count). The van der Waals surface area contributed by atoms with Gasteiger partial charge >= 0.3 is 17.9 Å². The molecule has 6 heteroatoms. The summed E-state index contributed by atoms with van der Waals surface area (Å²) in [6, 6.07) is 0. The van der Waals surface area contributed by atoms with Crippen molar-refractivity contribution in [1.82, 2.24) is 0 Å². The van der Waals surface area contributed by atoms with Gasteiger partial charge in [0.25, 0.3) is 0 Å². The second kappa shape index (κ2) is 52.2. The molecular weight excluding hydrogens is 793 g/mol. The van der Waals surface area contributed by atoms with Crippen molar-refractivity contribution in [2.24, 2.45) is 0 Å². The average molecular weight is 891 g/mol. The van der Waals surface area contributed by atoms with Gasteiger partial charge in [-0.3, -0.25) is 14.4 Å². The van der Waals surface area contributed by atoms with Gasteiger partial charge in [-0.05, 0) is 96.3 Å². The molecule has 0 N–H and O–H groups in total. The van der Waals surface area contributed by atoms with Crippen molar-refractivity contribution in [1.29, 1.82) is 0 Å². The molecule has 1 unspecified atom stereocenters. The monoisotopic (exact) mass is 891 g/mol. The predicted molar refractivity (Wildman–Crippen MR) is 274 cm³/mol. The first-order valence-corrected chi connectivity index (χ1v) is 26.6. The number of allylic oxidation sites excluding steroid dienone is 14. The highest BCUT2D eigenvalue weighted by atomic mass is 16.6. The number of esters is 3. The summed E-state index contributed by atoms with van der Waals surface area (Å²) in [5.74, 6) is -0.923. The highest BCUT2D eigenvalue weighted by Crippen LogP contribution is 2.14. The lowest BCUT2D eigenvalue weighted by Crippen LogP contribution is -2.30. The highest BCUT2D eigenvalue weighted by molar-refractivity contribution is 5.71. The van der Waals surface area contributed by atoms with E-state index in [0.717, 1.165) is 122 Å². The standard InChI is InChI=1S/C58H98O6/c1-4-7-10-13-16-19-22-24-25-26-27-28-29-30-31-32-33-34-37-39-42-45-48-51-57(60)63-54-55(53-62-56(59)50-47-44-41-38-35-21-18-15-12-9-6-3)64-58(61)52-49-46-43-40-36-23-20-17-14-11-8-5-2/h7,10,16-17,19-20,24-25,27-28,30-31,33-34,55H,4-6,8-9,11-15,18,21-23,26,29,32,35-54H2,1-3H3/b10-7-,19-16-,20-17-,25-24-,28-27-,31-30-,34-33-. The largest absolute Gasteiger partial charge is 0.462 e. The SMILES string of the molecule is CC/C=C\C/C=C\C/C=C\C/C=C\C/C=C\C/C=C\CCCCCCC(=O)OCC(COC(=O)CCCCCCCCCCCCC)OC(=O)CCCCCCC/C=C\CCCCC. The van der Waals surface area contributed by atoms with Crippen LogP contribution in [0, 0.1) is 0 Å². The molecule has 0 aromatic rings. The lowest BCUT2D eigenvalue weighted by molar-refractivity contribution is -0.167. The number of hydrogen-bond acceptors (Lipinski definition) is 6. The smallest absolute Gasteiger partial charge is 0.306 e. The summed E-state index contributed by atoms with van der Waals surface area (Å²) in [5.41, 5.74) is 0. The third-order valence-electron chi connectivity index (χ3n) is 11.1. The van der Waals surface area contributed by atoms with Crippen LogP contribution in [0.25, 0.3) is 0 Å². The van der Waals surface area contributed by atoms with Gasteiger partial charge in [0, 0.05) is 19.3 Å². The van der Waals surface area contributed by atoms with E-state index in [1.165, 1.54) is 83.5 Å². The summed E-state index contributed by atoms with van der Waals surface area (Å²) in [6.07, 6.45) is 67.1. The van der Waals surface area contributed by atoms with Crippen molar-refractivity contribution in [3.05, 3.63) is 85.1 Å². The molecule has 0 aliphatic carbocycles. The van der Waals surface area contributed by atoms with Crippen LogP contribution in [0.2, 0.25) is 0 Å². The van der Waals surface area contributed by atoms with Gasteiger partial charge < -0.3 is 14.2 Å². The Balaban J connectivity index is 4.37. The molecule has 0 saturated carbocycles. The molecule has 0 spiro atoms. The highest BCUT2D eigenvalue weighted by Gasteiger charge is 2.19. The van der Waals surface area contributed by atoms with Crippen LogP contribution in [-0.2, 0) is 28.6 Å². The zero-order valence-electron chi connectivity index (χ0n) is 41.8. The van der Waals surface area contributed by atoms with E-state index in [4.69, 9.17) is 14.2 Å². The van der Waals surface area contributed by atoms with Crippen LogP contribution in [0.1, 0.15) is 245 Å². The van der Waals surface area contributed by atoms with E-state index >= 15 is 0 Å². The Bertz CT molecular complexity index is 1250. The second-order valence-corrected chi connectivity index (χ2v) is 17.4. The van der Waals surface area contributed by atoms with Crippen LogP contribution in [0.15, 0.2) is 85.1 Å². The van der Waals surface area contributed by atoms with Gasteiger partial charge in [0.15, 0.2) is 6.10 Å². The van der Waals surface area contributed by atoms with Gasteiger partial charge in [-0.1, -0.05) is 215 Å². The summed E-state index contributed by atoms with van der Waals surface area (Å²) < 4.78 is 16.8. The van der Waals surface area contributed by atoms with E-state index in [2.05, 4.69) is 106 Å². The van der Waals surface area contributed by atoms with Crippen molar-refractivity contribution < 1.29 is 28.6 Å². The zero-order chi connectivity index (χ0) is 46.5. The third kappa shape index (κ3) is 49.6. The molecule has 0 radical (unpaired) electrons. The maximum atomic E-state index is 12.8. The van der Waals surface area contributed by atoms with Crippen LogP contribution in [0.3, 0.4) is 0 Å². The van der Waals surface area contributed by atoms with Gasteiger partial charge in [-0.25, -0.2) is 0 Å². The Hall–Kier alpha value is -3.41. The van der Waals surface area contributed by atoms with Crippen molar-refractivity contribution in [2.45, 2.75) is 252 Å². The molecule has 0 saturated heterocycles.